The number of nitrogens with one attached hydrogen (secondary N) is 1. The van der Waals surface area contributed by atoms with Crippen LogP contribution in [0.2, 0.25) is 0 Å². The molecule has 1 aromatic carbocycles. The van der Waals surface area contributed by atoms with Gasteiger partial charge in [0, 0.05) is 6.04 Å². The molecular weight excluding hydrogens is 288 g/mol. The Morgan fingerprint density at radius 2 is 2.19 bits per heavy atom. The zero-order chi connectivity index (χ0) is 15.5. The van der Waals surface area contributed by atoms with Gasteiger partial charge in [-0.2, -0.15) is 0 Å². The van der Waals surface area contributed by atoms with Gasteiger partial charge in [-0.25, -0.2) is 13.1 Å². The molecule has 21 heavy (non-hydrogen) atoms. The lowest BCUT2D eigenvalue weighted by Gasteiger charge is -2.14. The molecule has 0 saturated heterocycles. The third-order valence-electron chi connectivity index (χ3n) is 3.48. The van der Waals surface area contributed by atoms with E-state index in [0.717, 1.165) is 12.8 Å². The van der Waals surface area contributed by atoms with Crippen molar-refractivity contribution in [3.63, 3.8) is 0 Å². The minimum Gasteiger partial charge on any atom is -0.495 e. The summed E-state index contributed by atoms with van der Waals surface area (Å²) < 4.78 is 32.6. The van der Waals surface area contributed by atoms with E-state index < -0.39 is 10.0 Å². The van der Waals surface area contributed by atoms with E-state index in [4.69, 9.17) is 10.5 Å². The van der Waals surface area contributed by atoms with Crippen LogP contribution in [-0.2, 0) is 10.0 Å². The molecule has 1 unspecified atom stereocenters. The molecule has 0 aromatic heterocycles. The van der Waals surface area contributed by atoms with Gasteiger partial charge in [-0.3, -0.25) is 0 Å². The fourth-order valence-electron chi connectivity index (χ4n) is 2.10. The van der Waals surface area contributed by atoms with Crippen molar-refractivity contribution in [2.75, 3.05) is 13.7 Å². The Morgan fingerprint density at radius 3 is 2.76 bits per heavy atom. The highest BCUT2D eigenvalue weighted by molar-refractivity contribution is 7.89. The standard InChI is InChI=1S/C15H20N2O3S/c1-11(12-5-6-12)17-21(18,19)14-7-8-15(20-2)13(10-14)4-3-9-16/h7-8,10-12,17H,5-6,9,16H2,1-2H3. The van der Waals surface area contributed by atoms with Crippen molar-refractivity contribution in [1.29, 1.82) is 0 Å². The zero-order valence-corrected chi connectivity index (χ0v) is 13.0. The summed E-state index contributed by atoms with van der Waals surface area (Å²) in [7, 11) is -2.02. The fraction of sp³-hybridized carbons (Fsp3) is 0.467. The number of benzene rings is 1. The first kappa shape index (κ1) is 15.8. The number of hydrogen-bond donors (Lipinski definition) is 2. The van der Waals surface area contributed by atoms with Crippen molar-refractivity contribution in [2.45, 2.75) is 30.7 Å². The third-order valence-corrected chi connectivity index (χ3v) is 5.03. The van der Waals surface area contributed by atoms with E-state index in [-0.39, 0.29) is 17.5 Å². The molecule has 0 bridgehead atoms. The van der Waals surface area contributed by atoms with Crippen molar-refractivity contribution < 1.29 is 13.2 Å². The van der Waals surface area contributed by atoms with Gasteiger partial charge in [0.05, 0.1) is 24.1 Å². The Kier molecular flexibility index (Phi) is 4.88. The molecule has 1 aliphatic rings. The molecule has 5 nitrogen and oxygen atoms in total. The molecule has 1 atom stereocenters. The summed E-state index contributed by atoms with van der Waals surface area (Å²) in [5, 5.41) is 0. The molecule has 1 aliphatic carbocycles. The molecule has 0 radical (unpaired) electrons. The number of ether oxygens (including phenoxy) is 1. The lowest BCUT2D eigenvalue weighted by atomic mass is 10.2. The minimum absolute atomic E-state index is 0.0457. The normalized spacial score (nSPS) is 16.0. The Balaban J connectivity index is 2.29. The summed E-state index contributed by atoms with van der Waals surface area (Å²) in [6, 6.07) is 4.60. The maximum absolute atomic E-state index is 12.4. The Labute approximate surface area is 125 Å². The monoisotopic (exact) mass is 308 g/mol. The highest BCUT2D eigenvalue weighted by atomic mass is 32.2. The first-order valence-electron chi connectivity index (χ1n) is 6.87. The van der Waals surface area contributed by atoms with Crippen molar-refractivity contribution >= 4 is 10.0 Å². The second-order valence-electron chi connectivity index (χ2n) is 5.12. The van der Waals surface area contributed by atoms with Crippen LogP contribution in [0.5, 0.6) is 5.75 Å². The van der Waals surface area contributed by atoms with Gasteiger partial charge in [-0.05, 0) is 43.9 Å². The van der Waals surface area contributed by atoms with Crippen LogP contribution in [0.25, 0.3) is 0 Å². The van der Waals surface area contributed by atoms with Gasteiger partial charge >= 0.3 is 0 Å². The van der Waals surface area contributed by atoms with Crippen LogP contribution >= 0.6 is 0 Å². The molecule has 0 aliphatic heterocycles. The molecule has 3 N–H and O–H groups in total. The van der Waals surface area contributed by atoms with Gasteiger partial charge < -0.3 is 10.5 Å². The van der Waals surface area contributed by atoms with Gasteiger partial charge in [0.15, 0.2) is 0 Å². The van der Waals surface area contributed by atoms with Crippen molar-refractivity contribution in [3.8, 4) is 17.6 Å². The predicted molar refractivity (Wildman–Crippen MR) is 81.4 cm³/mol. The van der Waals surface area contributed by atoms with Crippen molar-refractivity contribution in [2.24, 2.45) is 11.7 Å². The Hall–Kier alpha value is -1.55. The van der Waals surface area contributed by atoms with Crippen LogP contribution in [-0.4, -0.2) is 28.1 Å². The Bertz CT molecular complexity index is 670. The minimum atomic E-state index is -3.54. The van der Waals surface area contributed by atoms with E-state index in [1.165, 1.54) is 19.2 Å². The summed E-state index contributed by atoms with van der Waals surface area (Å²) in [6.45, 7) is 2.10. The molecular formula is C15H20N2O3S. The van der Waals surface area contributed by atoms with E-state index in [1.807, 2.05) is 6.92 Å². The summed E-state index contributed by atoms with van der Waals surface area (Å²) >= 11 is 0. The number of sulfonamides is 1. The van der Waals surface area contributed by atoms with E-state index >= 15 is 0 Å². The average Bonchev–Trinajstić information content (AvgIpc) is 3.28. The average molecular weight is 308 g/mol. The van der Waals surface area contributed by atoms with E-state index in [1.54, 1.807) is 6.07 Å². The maximum Gasteiger partial charge on any atom is 0.240 e. The molecule has 1 fully saturated rings. The second-order valence-corrected chi connectivity index (χ2v) is 6.83. The van der Waals surface area contributed by atoms with Gasteiger partial charge in [0.1, 0.15) is 5.75 Å². The highest BCUT2D eigenvalue weighted by Gasteiger charge is 2.31. The lowest BCUT2D eigenvalue weighted by molar-refractivity contribution is 0.413. The smallest absolute Gasteiger partial charge is 0.240 e. The van der Waals surface area contributed by atoms with E-state index in [2.05, 4.69) is 16.6 Å². The molecule has 2 rings (SSSR count). The largest absolute Gasteiger partial charge is 0.495 e. The quantitative estimate of drug-likeness (QED) is 0.798. The lowest BCUT2D eigenvalue weighted by Crippen LogP contribution is -2.34. The molecule has 114 valence electrons. The summed E-state index contributed by atoms with van der Waals surface area (Å²) in [5.41, 5.74) is 5.87. The van der Waals surface area contributed by atoms with Crippen molar-refractivity contribution in [1.82, 2.24) is 4.72 Å². The number of hydrogen-bond acceptors (Lipinski definition) is 4. The zero-order valence-electron chi connectivity index (χ0n) is 12.2. The highest BCUT2D eigenvalue weighted by Crippen LogP contribution is 2.33. The molecule has 6 heteroatoms. The summed E-state index contributed by atoms with van der Waals surface area (Å²) in [5.74, 6) is 6.53. The van der Waals surface area contributed by atoms with Crippen LogP contribution in [0.1, 0.15) is 25.3 Å². The molecule has 1 aromatic rings. The molecule has 0 amide bonds. The number of rotatable bonds is 5. The second kappa shape index (κ2) is 6.48. The van der Waals surface area contributed by atoms with E-state index in [0.29, 0.717) is 17.2 Å². The van der Waals surface area contributed by atoms with Crippen LogP contribution in [0.15, 0.2) is 23.1 Å². The predicted octanol–water partition coefficient (Wildman–Crippen LogP) is 1.08. The number of methoxy groups -OCH3 is 1. The van der Waals surface area contributed by atoms with Crippen LogP contribution in [0.4, 0.5) is 0 Å². The summed E-state index contributed by atoms with van der Waals surface area (Å²) in [6.07, 6.45) is 2.17. The summed E-state index contributed by atoms with van der Waals surface area (Å²) in [4.78, 5) is 0.192. The SMILES string of the molecule is COc1ccc(S(=O)(=O)NC(C)C2CC2)cc1C#CCN. The topological polar surface area (TPSA) is 81.4 Å². The van der Waals surface area contributed by atoms with Gasteiger partial charge in [-0.15, -0.1) is 0 Å². The number of nitrogens with two attached hydrogens (primary N) is 1. The third kappa shape index (κ3) is 3.97. The molecule has 1 saturated carbocycles. The molecule has 0 heterocycles. The van der Waals surface area contributed by atoms with Crippen LogP contribution in [0, 0.1) is 17.8 Å². The first-order valence-corrected chi connectivity index (χ1v) is 8.35. The van der Waals surface area contributed by atoms with Crippen LogP contribution < -0.4 is 15.2 Å². The first-order chi connectivity index (χ1) is 9.97. The Morgan fingerprint density at radius 1 is 1.48 bits per heavy atom. The van der Waals surface area contributed by atoms with Gasteiger partial charge in [0.25, 0.3) is 0 Å². The van der Waals surface area contributed by atoms with E-state index in [9.17, 15) is 8.42 Å². The van der Waals surface area contributed by atoms with Gasteiger partial charge in [-0.1, -0.05) is 11.8 Å². The molecule has 0 spiro atoms. The fourth-order valence-corrected chi connectivity index (χ4v) is 3.44. The van der Waals surface area contributed by atoms with Crippen LogP contribution in [0.3, 0.4) is 0 Å². The maximum atomic E-state index is 12.4. The van der Waals surface area contributed by atoms with Gasteiger partial charge in [0.2, 0.25) is 10.0 Å². The van der Waals surface area contributed by atoms with Crippen molar-refractivity contribution in [3.05, 3.63) is 23.8 Å².